The molecule has 22 heavy (non-hydrogen) atoms. The van der Waals surface area contributed by atoms with Crippen LogP contribution in [0.15, 0.2) is 4.99 Å². The minimum Gasteiger partial charge on any atom is -0.357 e. The summed E-state index contributed by atoms with van der Waals surface area (Å²) in [6.45, 7) is 5.58. The fourth-order valence-electron chi connectivity index (χ4n) is 2.64. The smallest absolute Gasteiger partial charge is 0.357 e. The van der Waals surface area contributed by atoms with E-state index in [0.717, 1.165) is 19.5 Å². The van der Waals surface area contributed by atoms with E-state index in [1.165, 1.54) is 31.2 Å². The molecule has 1 saturated carbocycles. The van der Waals surface area contributed by atoms with Gasteiger partial charge in [-0.25, -0.2) is 0 Å². The second-order valence-corrected chi connectivity index (χ2v) is 6.18. The molecular weight excluding hydrogens is 293 g/mol. The summed E-state index contributed by atoms with van der Waals surface area (Å²) >= 11 is 0. The summed E-state index contributed by atoms with van der Waals surface area (Å²) in [5.41, 5.74) is 0.343. The third-order valence-corrected chi connectivity index (χ3v) is 4.32. The van der Waals surface area contributed by atoms with Crippen molar-refractivity contribution in [3.8, 4) is 0 Å². The maximum Gasteiger partial charge on any atom is 0.401 e. The third-order valence-electron chi connectivity index (χ3n) is 4.32. The van der Waals surface area contributed by atoms with E-state index in [2.05, 4.69) is 22.5 Å². The van der Waals surface area contributed by atoms with Crippen LogP contribution < -0.4 is 10.6 Å². The lowest BCUT2D eigenvalue weighted by Crippen LogP contribution is -2.43. The van der Waals surface area contributed by atoms with E-state index in [9.17, 15) is 13.2 Å². The Hall–Kier alpha value is -0.980. The highest BCUT2D eigenvalue weighted by atomic mass is 19.4. The number of halogens is 3. The molecule has 7 heteroatoms. The van der Waals surface area contributed by atoms with E-state index in [1.807, 2.05) is 6.92 Å². The van der Waals surface area contributed by atoms with Gasteiger partial charge in [-0.15, -0.1) is 0 Å². The number of aliphatic imine (C=N–C) groups is 1. The highest BCUT2D eigenvalue weighted by molar-refractivity contribution is 5.79. The van der Waals surface area contributed by atoms with Gasteiger partial charge in [0.25, 0.3) is 0 Å². The topological polar surface area (TPSA) is 39.7 Å². The fourth-order valence-corrected chi connectivity index (χ4v) is 2.64. The highest BCUT2D eigenvalue weighted by Gasteiger charge is 2.34. The van der Waals surface area contributed by atoms with Gasteiger partial charge < -0.3 is 10.6 Å². The van der Waals surface area contributed by atoms with E-state index in [0.29, 0.717) is 24.5 Å². The Morgan fingerprint density at radius 1 is 1.23 bits per heavy atom. The number of hydrogen-bond donors (Lipinski definition) is 2. The first kappa shape index (κ1) is 19.1. The van der Waals surface area contributed by atoms with Crippen molar-refractivity contribution in [2.24, 2.45) is 10.4 Å². The molecule has 130 valence electrons. The van der Waals surface area contributed by atoms with Crippen LogP contribution in [-0.2, 0) is 0 Å². The first-order valence-corrected chi connectivity index (χ1v) is 8.08. The Balaban J connectivity index is 2.37. The van der Waals surface area contributed by atoms with Crippen LogP contribution in [0.5, 0.6) is 0 Å². The van der Waals surface area contributed by atoms with Crippen molar-refractivity contribution in [2.45, 2.75) is 45.7 Å². The molecule has 2 N–H and O–H groups in total. The van der Waals surface area contributed by atoms with Crippen molar-refractivity contribution in [3.05, 3.63) is 0 Å². The maximum atomic E-state index is 12.3. The molecule has 1 aliphatic rings. The molecule has 0 spiro atoms. The van der Waals surface area contributed by atoms with Crippen molar-refractivity contribution in [2.75, 3.05) is 39.8 Å². The second kappa shape index (κ2) is 8.60. The maximum absolute atomic E-state index is 12.3. The SMILES string of the molecule is CCNC(=NCC1(CC)CCC1)NCCN(C)CC(F)(F)F. The van der Waals surface area contributed by atoms with E-state index >= 15 is 0 Å². The van der Waals surface area contributed by atoms with Crippen LogP contribution in [0.4, 0.5) is 13.2 Å². The lowest BCUT2D eigenvalue weighted by atomic mass is 9.67. The number of likely N-dealkylation sites (N-methyl/N-ethyl adjacent to an activating group) is 1. The van der Waals surface area contributed by atoms with Gasteiger partial charge in [-0.1, -0.05) is 13.3 Å². The number of hydrogen-bond acceptors (Lipinski definition) is 2. The van der Waals surface area contributed by atoms with Crippen molar-refractivity contribution in [1.29, 1.82) is 0 Å². The molecule has 4 nitrogen and oxygen atoms in total. The van der Waals surface area contributed by atoms with E-state index in [1.54, 1.807) is 0 Å². The van der Waals surface area contributed by atoms with E-state index < -0.39 is 12.7 Å². The zero-order valence-corrected chi connectivity index (χ0v) is 13.9. The zero-order valence-electron chi connectivity index (χ0n) is 13.9. The minimum atomic E-state index is -4.15. The Kier molecular flexibility index (Phi) is 7.45. The summed E-state index contributed by atoms with van der Waals surface area (Å²) in [6.07, 6.45) is 0.701. The van der Waals surface area contributed by atoms with Crippen molar-refractivity contribution >= 4 is 5.96 Å². The fraction of sp³-hybridized carbons (Fsp3) is 0.933. The standard InChI is InChI=1S/C15H29F3N4/c1-4-14(7-6-8-14)11-21-13(19-5-2)20-9-10-22(3)12-15(16,17)18/h4-12H2,1-3H3,(H2,19,20,21). The average Bonchev–Trinajstić information content (AvgIpc) is 2.35. The molecule has 1 fully saturated rings. The normalized spacial score (nSPS) is 18.2. The van der Waals surface area contributed by atoms with Crippen molar-refractivity contribution < 1.29 is 13.2 Å². The van der Waals surface area contributed by atoms with Crippen molar-refractivity contribution in [3.63, 3.8) is 0 Å². The summed E-state index contributed by atoms with van der Waals surface area (Å²) in [7, 11) is 1.47. The number of guanidine groups is 1. The molecule has 0 atom stereocenters. The van der Waals surface area contributed by atoms with Gasteiger partial charge in [0.1, 0.15) is 0 Å². The van der Waals surface area contributed by atoms with Crippen LogP contribution in [0, 0.1) is 5.41 Å². The molecule has 0 aliphatic heterocycles. The Morgan fingerprint density at radius 3 is 2.36 bits per heavy atom. The molecule has 0 saturated heterocycles. The quantitative estimate of drug-likeness (QED) is 0.533. The Bertz CT molecular complexity index is 346. The monoisotopic (exact) mass is 322 g/mol. The van der Waals surface area contributed by atoms with Crippen LogP contribution in [0.2, 0.25) is 0 Å². The van der Waals surface area contributed by atoms with Gasteiger partial charge in [-0.05, 0) is 38.6 Å². The predicted molar refractivity (Wildman–Crippen MR) is 84.1 cm³/mol. The number of nitrogens with zero attached hydrogens (tertiary/aromatic N) is 2. The Morgan fingerprint density at radius 2 is 1.91 bits per heavy atom. The summed E-state index contributed by atoms with van der Waals surface area (Å²) in [5, 5.41) is 6.26. The van der Waals surface area contributed by atoms with E-state index in [4.69, 9.17) is 0 Å². The molecule has 0 radical (unpaired) electrons. The highest BCUT2D eigenvalue weighted by Crippen LogP contribution is 2.43. The largest absolute Gasteiger partial charge is 0.401 e. The van der Waals surface area contributed by atoms with Gasteiger partial charge in [0.15, 0.2) is 5.96 Å². The van der Waals surface area contributed by atoms with Crippen LogP contribution >= 0.6 is 0 Å². The Labute approximate surface area is 131 Å². The predicted octanol–water partition coefficient (Wildman–Crippen LogP) is 2.62. The van der Waals surface area contributed by atoms with Gasteiger partial charge in [0, 0.05) is 26.2 Å². The van der Waals surface area contributed by atoms with Crippen LogP contribution in [0.1, 0.15) is 39.5 Å². The summed E-state index contributed by atoms with van der Waals surface area (Å²) < 4.78 is 36.8. The van der Waals surface area contributed by atoms with Gasteiger partial charge in [-0.2, -0.15) is 13.2 Å². The summed E-state index contributed by atoms with van der Waals surface area (Å²) in [5.74, 6) is 0.697. The molecule has 0 amide bonds. The second-order valence-electron chi connectivity index (χ2n) is 6.18. The van der Waals surface area contributed by atoms with Crippen LogP contribution in [0.25, 0.3) is 0 Å². The third kappa shape index (κ3) is 6.85. The van der Waals surface area contributed by atoms with Gasteiger partial charge >= 0.3 is 6.18 Å². The van der Waals surface area contributed by atoms with Gasteiger partial charge in [0.2, 0.25) is 0 Å². The average molecular weight is 322 g/mol. The summed E-state index contributed by atoms with van der Waals surface area (Å²) in [4.78, 5) is 5.86. The van der Waals surface area contributed by atoms with Crippen LogP contribution in [0.3, 0.4) is 0 Å². The van der Waals surface area contributed by atoms with Crippen LogP contribution in [-0.4, -0.2) is 56.8 Å². The van der Waals surface area contributed by atoms with Gasteiger partial charge in [0.05, 0.1) is 6.54 Å². The molecule has 1 aliphatic carbocycles. The number of alkyl halides is 3. The number of nitrogens with one attached hydrogen (secondary N) is 2. The molecule has 0 aromatic rings. The summed E-state index contributed by atoms with van der Waals surface area (Å²) in [6, 6.07) is 0. The van der Waals surface area contributed by atoms with Gasteiger partial charge in [-0.3, -0.25) is 9.89 Å². The zero-order chi connectivity index (χ0) is 16.6. The molecule has 0 heterocycles. The minimum absolute atomic E-state index is 0.322. The first-order chi connectivity index (χ1) is 10.3. The number of rotatable bonds is 8. The first-order valence-electron chi connectivity index (χ1n) is 8.08. The molecule has 0 bridgehead atoms. The molecule has 0 unspecified atom stereocenters. The molecule has 0 aromatic carbocycles. The molecular formula is C15H29F3N4. The van der Waals surface area contributed by atoms with Crippen molar-refractivity contribution in [1.82, 2.24) is 15.5 Å². The lowest BCUT2D eigenvalue weighted by molar-refractivity contribution is -0.142. The molecule has 1 rings (SSSR count). The molecule has 0 aromatic heterocycles. The van der Waals surface area contributed by atoms with E-state index in [-0.39, 0.29) is 0 Å². The lowest BCUT2D eigenvalue weighted by Gasteiger charge is -2.40.